The standard InChI is InChI=1S/C15H25N3/c1-4-6-16-9-14-8-13(3)15(17-10-14)18-7-5-12(2)11-18/h8,10,12,16H,4-7,9,11H2,1-3H3. The van der Waals surface area contributed by atoms with Crippen LogP contribution in [0.3, 0.4) is 0 Å². The predicted octanol–water partition coefficient (Wildman–Crippen LogP) is 2.74. The number of nitrogens with zero attached hydrogens (tertiary/aromatic N) is 2. The van der Waals surface area contributed by atoms with Crippen LogP contribution in [-0.2, 0) is 6.54 Å². The summed E-state index contributed by atoms with van der Waals surface area (Å²) in [6.07, 6.45) is 4.49. The maximum atomic E-state index is 4.66. The molecular weight excluding hydrogens is 222 g/mol. The molecule has 1 N–H and O–H groups in total. The minimum absolute atomic E-state index is 0.803. The maximum Gasteiger partial charge on any atom is 0.131 e. The molecule has 0 saturated carbocycles. The number of hydrogen-bond acceptors (Lipinski definition) is 3. The molecule has 0 bridgehead atoms. The first-order valence-electron chi connectivity index (χ1n) is 7.12. The lowest BCUT2D eigenvalue weighted by atomic mass is 10.2. The van der Waals surface area contributed by atoms with Gasteiger partial charge in [0.15, 0.2) is 0 Å². The molecule has 0 amide bonds. The van der Waals surface area contributed by atoms with Crippen molar-refractivity contribution in [2.45, 2.75) is 40.2 Å². The predicted molar refractivity (Wildman–Crippen MR) is 77.0 cm³/mol. The van der Waals surface area contributed by atoms with Gasteiger partial charge in [0.1, 0.15) is 5.82 Å². The van der Waals surface area contributed by atoms with Gasteiger partial charge in [-0.25, -0.2) is 4.98 Å². The van der Waals surface area contributed by atoms with E-state index in [-0.39, 0.29) is 0 Å². The van der Waals surface area contributed by atoms with Crippen molar-refractivity contribution < 1.29 is 0 Å². The Labute approximate surface area is 111 Å². The fraction of sp³-hybridized carbons (Fsp3) is 0.667. The molecule has 1 unspecified atom stereocenters. The molecule has 1 aliphatic heterocycles. The average molecular weight is 247 g/mol. The van der Waals surface area contributed by atoms with Crippen LogP contribution in [0.15, 0.2) is 12.3 Å². The Morgan fingerprint density at radius 3 is 2.94 bits per heavy atom. The third-order valence-electron chi connectivity index (χ3n) is 3.59. The highest BCUT2D eigenvalue weighted by Gasteiger charge is 2.21. The van der Waals surface area contributed by atoms with Crippen molar-refractivity contribution in [2.75, 3.05) is 24.5 Å². The second-order valence-electron chi connectivity index (χ2n) is 5.50. The van der Waals surface area contributed by atoms with E-state index in [1.807, 2.05) is 6.20 Å². The number of aryl methyl sites for hydroxylation is 1. The van der Waals surface area contributed by atoms with E-state index in [0.29, 0.717) is 0 Å². The molecule has 3 heteroatoms. The van der Waals surface area contributed by atoms with Crippen molar-refractivity contribution in [3.8, 4) is 0 Å². The van der Waals surface area contributed by atoms with Crippen molar-refractivity contribution in [1.29, 1.82) is 0 Å². The lowest BCUT2D eigenvalue weighted by Crippen LogP contribution is -2.22. The lowest BCUT2D eigenvalue weighted by molar-refractivity contribution is 0.658. The molecule has 1 aromatic heterocycles. The third-order valence-corrected chi connectivity index (χ3v) is 3.59. The van der Waals surface area contributed by atoms with E-state index in [1.54, 1.807) is 0 Å². The molecule has 3 nitrogen and oxygen atoms in total. The number of aromatic nitrogens is 1. The smallest absolute Gasteiger partial charge is 0.131 e. The minimum Gasteiger partial charge on any atom is -0.356 e. The van der Waals surface area contributed by atoms with Gasteiger partial charge >= 0.3 is 0 Å². The van der Waals surface area contributed by atoms with Gasteiger partial charge < -0.3 is 10.2 Å². The highest BCUT2D eigenvalue weighted by atomic mass is 15.2. The lowest BCUT2D eigenvalue weighted by Gasteiger charge is -2.19. The van der Waals surface area contributed by atoms with E-state index in [2.05, 4.69) is 42.0 Å². The van der Waals surface area contributed by atoms with Crippen LogP contribution in [0.25, 0.3) is 0 Å². The maximum absolute atomic E-state index is 4.66. The molecule has 18 heavy (non-hydrogen) atoms. The molecule has 0 aliphatic carbocycles. The molecule has 0 spiro atoms. The van der Waals surface area contributed by atoms with Gasteiger partial charge in [-0.1, -0.05) is 13.8 Å². The van der Waals surface area contributed by atoms with Crippen LogP contribution in [0, 0.1) is 12.8 Å². The second-order valence-corrected chi connectivity index (χ2v) is 5.50. The summed E-state index contributed by atoms with van der Waals surface area (Å²) in [6, 6.07) is 2.27. The second kappa shape index (κ2) is 6.19. The summed E-state index contributed by atoms with van der Waals surface area (Å²) in [5, 5.41) is 3.42. The zero-order valence-corrected chi connectivity index (χ0v) is 11.9. The SMILES string of the molecule is CCCNCc1cnc(N2CCC(C)C2)c(C)c1. The zero-order valence-electron chi connectivity index (χ0n) is 11.9. The van der Waals surface area contributed by atoms with Crippen LogP contribution in [0.1, 0.15) is 37.8 Å². The summed E-state index contributed by atoms with van der Waals surface area (Å²) < 4.78 is 0. The summed E-state index contributed by atoms with van der Waals surface area (Å²) in [7, 11) is 0. The van der Waals surface area contributed by atoms with Crippen LogP contribution in [0.2, 0.25) is 0 Å². The van der Waals surface area contributed by atoms with Crippen LogP contribution in [0.5, 0.6) is 0 Å². The molecule has 0 radical (unpaired) electrons. The fourth-order valence-corrected chi connectivity index (χ4v) is 2.59. The Bertz CT molecular complexity index is 389. The Morgan fingerprint density at radius 1 is 1.50 bits per heavy atom. The normalized spacial score (nSPS) is 19.5. The topological polar surface area (TPSA) is 28.2 Å². The molecule has 0 aromatic carbocycles. The van der Waals surface area contributed by atoms with Gasteiger partial charge in [-0.15, -0.1) is 0 Å². The third kappa shape index (κ3) is 3.22. The number of anilines is 1. The summed E-state index contributed by atoms with van der Waals surface area (Å²) in [4.78, 5) is 7.08. The molecule has 1 atom stereocenters. The summed E-state index contributed by atoms with van der Waals surface area (Å²) >= 11 is 0. The quantitative estimate of drug-likeness (QED) is 0.811. The summed E-state index contributed by atoms with van der Waals surface area (Å²) in [5.74, 6) is 1.98. The van der Waals surface area contributed by atoms with E-state index < -0.39 is 0 Å². The minimum atomic E-state index is 0.803. The van der Waals surface area contributed by atoms with Gasteiger partial charge in [0, 0.05) is 25.8 Å². The average Bonchev–Trinajstić information content (AvgIpc) is 2.76. The molecule has 1 fully saturated rings. The van der Waals surface area contributed by atoms with Crippen LogP contribution in [-0.4, -0.2) is 24.6 Å². The van der Waals surface area contributed by atoms with Crippen molar-refractivity contribution in [3.05, 3.63) is 23.4 Å². The van der Waals surface area contributed by atoms with E-state index in [4.69, 9.17) is 0 Å². The van der Waals surface area contributed by atoms with E-state index in [0.717, 1.165) is 32.1 Å². The van der Waals surface area contributed by atoms with Crippen molar-refractivity contribution >= 4 is 5.82 Å². The van der Waals surface area contributed by atoms with E-state index in [1.165, 1.54) is 29.8 Å². The van der Waals surface area contributed by atoms with Crippen LogP contribution >= 0.6 is 0 Å². The zero-order chi connectivity index (χ0) is 13.0. The highest BCUT2D eigenvalue weighted by Crippen LogP contribution is 2.24. The van der Waals surface area contributed by atoms with Gasteiger partial charge in [-0.2, -0.15) is 0 Å². The van der Waals surface area contributed by atoms with Gasteiger partial charge in [-0.3, -0.25) is 0 Å². The van der Waals surface area contributed by atoms with Gasteiger partial charge in [0.2, 0.25) is 0 Å². The monoisotopic (exact) mass is 247 g/mol. The fourth-order valence-electron chi connectivity index (χ4n) is 2.59. The van der Waals surface area contributed by atoms with E-state index in [9.17, 15) is 0 Å². The first kappa shape index (κ1) is 13.3. The molecule has 1 aliphatic rings. The number of rotatable bonds is 5. The number of pyridine rings is 1. The van der Waals surface area contributed by atoms with Crippen LogP contribution < -0.4 is 10.2 Å². The highest BCUT2D eigenvalue weighted by molar-refractivity contribution is 5.48. The summed E-state index contributed by atoms with van der Waals surface area (Å²) in [5.41, 5.74) is 2.59. The molecule has 1 aromatic rings. The van der Waals surface area contributed by atoms with Crippen molar-refractivity contribution in [2.24, 2.45) is 5.92 Å². The van der Waals surface area contributed by atoms with Crippen LogP contribution in [0.4, 0.5) is 5.82 Å². The molecular formula is C15H25N3. The number of hydrogen-bond donors (Lipinski definition) is 1. The van der Waals surface area contributed by atoms with Gasteiger partial charge in [-0.05, 0) is 49.4 Å². The van der Waals surface area contributed by atoms with Gasteiger partial charge in [0.25, 0.3) is 0 Å². The Balaban J connectivity index is 2.01. The van der Waals surface area contributed by atoms with Crippen molar-refractivity contribution in [3.63, 3.8) is 0 Å². The first-order chi connectivity index (χ1) is 8.70. The molecule has 100 valence electrons. The Morgan fingerprint density at radius 2 is 2.33 bits per heavy atom. The van der Waals surface area contributed by atoms with E-state index >= 15 is 0 Å². The molecule has 2 heterocycles. The number of nitrogens with one attached hydrogen (secondary N) is 1. The molecule has 2 rings (SSSR count). The summed E-state index contributed by atoms with van der Waals surface area (Å²) in [6.45, 7) is 11.0. The largest absolute Gasteiger partial charge is 0.356 e. The Hall–Kier alpha value is -1.09. The molecule has 1 saturated heterocycles. The van der Waals surface area contributed by atoms with Crippen molar-refractivity contribution in [1.82, 2.24) is 10.3 Å². The Kier molecular flexibility index (Phi) is 4.59. The first-order valence-corrected chi connectivity index (χ1v) is 7.12. The van der Waals surface area contributed by atoms with Gasteiger partial charge in [0.05, 0.1) is 0 Å².